The maximum absolute atomic E-state index is 6.05. The minimum atomic E-state index is 0.372. The molecule has 23 heavy (non-hydrogen) atoms. The molecular formula is C15H17N7O. The van der Waals surface area contributed by atoms with Gasteiger partial charge >= 0.3 is 0 Å². The number of nitrogens with zero attached hydrogens (tertiary/aromatic N) is 5. The summed E-state index contributed by atoms with van der Waals surface area (Å²) in [6, 6.07) is 7.70. The minimum absolute atomic E-state index is 0.372. The molecule has 3 rings (SSSR count). The van der Waals surface area contributed by atoms with E-state index in [4.69, 9.17) is 16.2 Å². The van der Waals surface area contributed by atoms with Gasteiger partial charge in [-0.2, -0.15) is 5.10 Å². The first-order valence-corrected chi connectivity index (χ1v) is 7.02. The Bertz CT molecular complexity index is 761. The van der Waals surface area contributed by atoms with E-state index >= 15 is 0 Å². The number of ether oxygens (including phenoxy) is 1. The van der Waals surface area contributed by atoms with E-state index in [2.05, 4.69) is 20.1 Å². The van der Waals surface area contributed by atoms with Crippen LogP contribution in [0, 0.1) is 0 Å². The van der Waals surface area contributed by atoms with Crippen LogP contribution in [0.15, 0.2) is 36.9 Å². The van der Waals surface area contributed by atoms with Crippen molar-refractivity contribution in [3.63, 3.8) is 0 Å². The van der Waals surface area contributed by atoms with Crippen molar-refractivity contribution in [2.45, 2.75) is 13.0 Å². The van der Waals surface area contributed by atoms with Gasteiger partial charge in [0.05, 0.1) is 7.11 Å². The molecule has 0 saturated heterocycles. The van der Waals surface area contributed by atoms with Crippen LogP contribution < -0.4 is 16.2 Å². The lowest BCUT2D eigenvalue weighted by atomic mass is 10.1. The third kappa shape index (κ3) is 3.37. The van der Waals surface area contributed by atoms with Gasteiger partial charge in [0, 0.05) is 12.0 Å². The molecule has 0 spiro atoms. The average molecular weight is 311 g/mol. The molecule has 0 aliphatic rings. The number of nitrogen functional groups attached to an aromatic ring is 2. The zero-order chi connectivity index (χ0) is 16.2. The maximum atomic E-state index is 6.05. The molecule has 2 heterocycles. The largest absolute Gasteiger partial charge is 0.497 e. The van der Waals surface area contributed by atoms with E-state index in [0.717, 1.165) is 16.9 Å². The average Bonchev–Trinajstić information content (AvgIpc) is 3.04. The van der Waals surface area contributed by atoms with Gasteiger partial charge in [0.1, 0.15) is 36.6 Å². The standard InChI is InChI=1S/C15H17N7O/c1-23-11-4-2-10(3-5-11)6-12-14(16)20-13(21-15(12)17)7-22-9-18-8-19-22/h2-5,8-9H,6-7H2,1H3,(H4,16,17,20,21). The van der Waals surface area contributed by atoms with Crippen molar-refractivity contribution in [2.24, 2.45) is 0 Å². The summed E-state index contributed by atoms with van der Waals surface area (Å²) in [5, 5.41) is 4.01. The lowest BCUT2D eigenvalue weighted by Crippen LogP contribution is -2.12. The summed E-state index contributed by atoms with van der Waals surface area (Å²) in [6.07, 6.45) is 3.59. The number of benzene rings is 1. The highest BCUT2D eigenvalue weighted by Crippen LogP contribution is 2.21. The number of anilines is 2. The quantitative estimate of drug-likeness (QED) is 0.718. The van der Waals surface area contributed by atoms with Crippen molar-refractivity contribution in [1.29, 1.82) is 0 Å². The predicted molar refractivity (Wildman–Crippen MR) is 85.8 cm³/mol. The second kappa shape index (κ2) is 6.30. The van der Waals surface area contributed by atoms with Crippen LogP contribution in [0.1, 0.15) is 17.0 Å². The molecule has 3 aromatic rings. The van der Waals surface area contributed by atoms with Crippen LogP contribution in [0.3, 0.4) is 0 Å². The Morgan fingerprint density at radius 2 is 1.78 bits per heavy atom. The van der Waals surface area contributed by atoms with Crippen LogP contribution in [-0.2, 0) is 13.0 Å². The Kier molecular flexibility index (Phi) is 4.05. The van der Waals surface area contributed by atoms with E-state index in [9.17, 15) is 0 Å². The fourth-order valence-corrected chi connectivity index (χ4v) is 2.23. The molecule has 0 bridgehead atoms. The van der Waals surface area contributed by atoms with E-state index < -0.39 is 0 Å². The lowest BCUT2D eigenvalue weighted by Gasteiger charge is -2.10. The van der Waals surface area contributed by atoms with Crippen molar-refractivity contribution in [3.05, 3.63) is 53.9 Å². The summed E-state index contributed by atoms with van der Waals surface area (Å²) >= 11 is 0. The topological polar surface area (TPSA) is 118 Å². The first-order valence-electron chi connectivity index (χ1n) is 7.02. The molecule has 0 fully saturated rings. The van der Waals surface area contributed by atoms with Crippen LogP contribution in [0.4, 0.5) is 11.6 Å². The van der Waals surface area contributed by atoms with Crippen molar-refractivity contribution in [3.8, 4) is 5.75 Å². The van der Waals surface area contributed by atoms with Crippen molar-refractivity contribution in [1.82, 2.24) is 24.7 Å². The van der Waals surface area contributed by atoms with Gasteiger partial charge in [-0.3, -0.25) is 0 Å². The van der Waals surface area contributed by atoms with E-state index in [1.807, 2.05) is 24.3 Å². The van der Waals surface area contributed by atoms with Crippen LogP contribution in [0.2, 0.25) is 0 Å². The number of hydrogen-bond acceptors (Lipinski definition) is 7. The molecule has 0 unspecified atom stereocenters. The van der Waals surface area contributed by atoms with E-state index in [0.29, 0.717) is 30.4 Å². The van der Waals surface area contributed by atoms with Gasteiger partial charge in [0.15, 0.2) is 5.82 Å². The van der Waals surface area contributed by atoms with Gasteiger partial charge in [0.2, 0.25) is 0 Å². The minimum Gasteiger partial charge on any atom is -0.497 e. The molecule has 1 aromatic carbocycles. The first kappa shape index (κ1) is 14.8. The van der Waals surface area contributed by atoms with Gasteiger partial charge in [-0.25, -0.2) is 19.6 Å². The monoisotopic (exact) mass is 311 g/mol. The second-order valence-electron chi connectivity index (χ2n) is 5.01. The highest BCUT2D eigenvalue weighted by atomic mass is 16.5. The number of nitrogens with two attached hydrogens (primary N) is 2. The summed E-state index contributed by atoms with van der Waals surface area (Å²) in [4.78, 5) is 12.5. The zero-order valence-corrected chi connectivity index (χ0v) is 12.7. The van der Waals surface area contributed by atoms with Crippen LogP contribution in [0.25, 0.3) is 0 Å². The maximum Gasteiger partial charge on any atom is 0.154 e. The predicted octanol–water partition coefficient (Wildman–Crippen LogP) is 0.880. The van der Waals surface area contributed by atoms with Gasteiger partial charge < -0.3 is 16.2 Å². The number of aromatic nitrogens is 5. The summed E-state index contributed by atoms with van der Waals surface area (Å²) in [7, 11) is 1.63. The third-order valence-corrected chi connectivity index (χ3v) is 3.43. The lowest BCUT2D eigenvalue weighted by molar-refractivity contribution is 0.414. The van der Waals surface area contributed by atoms with E-state index in [-0.39, 0.29) is 0 Å². The highest BCUT2D eigenvalue weighted by Gasteiger charge is 2.11. The van der Waals surface area contributed by atoms with Crippen LogP contribution in [-0.4, -0.2) is 31.8 Å². The number of hydrogen-bond donors (Lipinski definition) is 2. The third-order valence-electron chi connectivity index (χ3n) is 3.43. The summed E-state index contributed by atoms with van der Waals surface area (Å²) in [5.41, 5.74) is 13.9. The zero-order valence-electron chi connectivity index (χ0n) is 12.7. The van der Waals surface area contributed by atoms with Crippen LogP contribution in [0.5, 0.6) is 5.75 Å². The van der Waals surface area contributed by atoms with Gasteiger partial charge in [-0.05, 0) is 17.7 Å². The fraction of sp³-hybridized carbons (Fsp3) is 0.200. The summed E-state index contributed by atoms with van der Waals surface area (Å²) in [5.74, 6) is 2.06. The Hall–Kier alpha value is -3.16. The molecular weight excluding hydrogens is 294 g/mol. The van der Waals surface area contributed by atoms with Gasteiger partial charge in [0.25, 0.3) is 0 Å². The Balaban J connectivity index is 1.81. The molecule has 0 radical (unpaired) electrons. The summed E-state index contributed by atoms with van der Waals surface area (Å²) in [6.45, 7) is 0.372. The molecule has 0 aliphatic heterocycles. The molecule has 4 N–H and O–H groups in total. The van der Waals surface area contributed by atoms with E-state index in [1.165, 1.54) is 6.33 Å². The smallest absolute Gasteiger partial charge is 0.154 e. The molecule has 2 aromatic heterocycles. The molecule has 0 atom stereocenters. The second-order valence-corrected chi connectivity index (χ2v) is 5.01. The van der Waals surface area contributed by atoms with Gasteiger partial charge in [-0.1, -0.05) is 12.1 Å². The van der Waals surface area contributed by atoms with Gasteiger partial charge in [-0.15, -0.1) is 0 Å². The highest BCUT2D eigenvalue weighted by molar-refractivity contribution is 5.55. The molecule has 118 valence electrons. The molecule has 0 amide bonds. The normalized spacial score (nSPS) is 10.7. The van der Waals surface area contributed by atoms with E-state index in [1.54, 1.807) is 18.1 Å². The van der Waals surface area contributed by atoms with Crippen molar-refractivity contribution < 1.29 is 4.74 Å². The molecule has 8 heteroatoms. The Labute approximate surface area is 133 Å². The fourth-order valence-electron chi connectivity index (χ4n) is 2.23. The Morgan fingerprint density at radius 1 is 1.09 bits per heavy atom. The van der Waals surface area contributed by atoms with Crippen molar-refractivity contribution >= 4 is 11.6 Å². The first-order chi connectivity index (χ1) is 11.2. The number of rotatable bonds is 5. The van der Waals surface area contributed by atoms with Crippen LogP contribution >= 0.6 is 0 Å². The number of methoxy groups -OCH3 is 1. The molecule has 8 nitrogen and oxygen atoms in total. The molecule has 0 aliphatic carbocycles. The summed E-state index contributed by atoms with van der Waals surface area (Å²) < 4.78 is 6.75. The molecule has 0 saturated carbocycles. The SMILES string of the molecule is COc1ccc(Cc2c(N)nc(Cn3cncn3)nc2N)cc1. The van der Waals surface area contributed by atoms with Crippen molar-refractivity contribution in [2.75, 3.05) is 18.6 Å². The Morgan fingerprint density at radius 3 is 2.35 bits per heavy atom.